The first-order valence-corrected chi connectivity index (χ1v) is 13.0. The maximum atomic E-state index is 13.7. The smallest absolute Gasteiger partial charge is 0.242 e. The van der Waals surface area contributed by atoms with Crippen molar-refractivity contribution in [2.45, 2.75) is 71.4 Å². The van der Waals surface area contributed by atoms with Crippen molar-refractivity contribution in [3.63, 3.8) is 0 Å². The van der Waals surface area contributed by atoms with Gasteiger partial charge in [-0.1, -0.05) is 30.5 Å². The normalized spacial score (nSPS) is 18.8. The van der Waals surface area contributed by atoms with E-state index in [0.717, 1.165) is 37.9 Å². The zero-order chi connectivity index (χ0) is 23.6. The first-order chi connectivity index (χ1) is 15.7. The van der Waals surface area contributed by atoms with Crippen LogP contribution in [-0.4, -0.2) is 46.8 Å². The highest BCUT2D eigenvalue weighted by Gasteiger charge is 2.38. The van der Waals surface area contributed by atoms with E-state index in [4.69, 9.17) is 4.74 Å². The maximum absolute atomic E-state index is 13.7. The monoisotopic (exact) mass is 468 g/mol. The molecule has 1 aromatic carbocycles. The Bertz CT molecular complexity index is 970. The van der Waals surface area contributed by atoms with Crippen molar-refractivity contribution in [2.24, 2.45) is 5.92 Å². The summed E-state index contributed by atoms with van der Waals surface area (Å²) in [4.78, 5) is 32.0. The number of thiophene rings is 1. The minimum Gasteiger partial charge on any atom is -0.491 e. The van der Waals surface area contributed by atoms with Crippen molar-refractivity contribution in [1.29, 1.82) is 0 Å². The van der Waals surface area contributed by atoms with Crippen LogP contribution >= 0.6 is 11.3 Å². The van der Waals surface area contributed by atoms with Crippen LogP contribution in [0.4, 0.5) is 0 Å². The van der Waals surface area contributed by atoms with Gasteiger partial charge in [-0.3, -0.25) is 9.59 Å². The Morgan fingerprint density at radius 1 is 1.12 bits per heavy atom. The van der Waals surface area contributed by atoms with Gasteiger partial charge in [-0.25, -0.2) is 0 Å². The van der Waals surface area contributed by atoms with E-state index in [9.17, 15) is 9.59 Å². The van der Waals surface area contributed by atoms with Crippen molar-refractivity contribution < 1.29 is 14.3 Å². The van der Waals surface area contributed by atoms with Gasteiger partial charge in [0.1, 0.15) is 18.9 Å². The molecule has 1 saturated carbocycles. The van der Waals surface area contributed by atoms with E-state index in [-0.39, 0.29) is 30.3 Å². The van der Waals surface area contributed by atoms with E-state index in [0.29, 0.717) is 13.2 Å². The second-order valence-electron chi connectivity index (χ2n) is 10.4. The fourth-order valence-electron chi connectivity index (χ4n) is 4.95. The predicted molar refractivity (Wildman–Crippen MR) is 133 cm³/mol. The van der Waals surface area contributed by atoms with Crippen LogP contribution in [0.2, 0.25) is 0 Å². The average molecular weight is 469 g/mol. The highest BCUT2D eigenvalue weighted by atomic mass is 32.1. The topological polar surface area (TPSA) is 49.9 Å². The molecule has 0 spiro atoms. The molecule has 0 N–H and O–H groups in total. The Kier molecular flexibility index (Phi) is 7.13. The summed E-state index contributed by atoms with van der Waals surface area (Å²) in [6.07, 6.45) is 4.94. The summed E-state index contributed by atoms with van der Waals surface area (Å²) in [5.74, 6) is 1.00. The van der Waals surface area contributed by atoms with E-state index in [1.54, 1.807) is 11.3 Å². The number of fused-ring (bicyclic) bond motifs is 1. The molecular formula is C27H36N2O3S. The Morgan fingerprint density at radius 2 is 1.82 bits per heavy atom. The maximum Gasteiger partial charge on any atom is 0.242 e. The molecule has 1 aliphatic carbocycles. The lowest BCUT2D eigenvalue weighted by Crippen LogP contribution is -2.54. The number of hydrogen-bond donors (Lipinski definition) is 0. The lowest BCUT2D eigenvalue weighted by Gasteiger charge is -2.41. The molecule has 6 heteroatoms. The molecule has 2 aromatic rings. The lowest BCUT2D eigenvalue weighted by atomic mass is 9.98. The van der Waals surface area contributed by atoms with E-state index >= 15 is 0 Å². The summed E-state index contributed by atoms with van der Waals surface area (Å²) in [6.45, 7) is 9.32. The summed E-state index contributed by atoms with van der Waals surface area (Å²) >= 11 is 1.75. The van der Waals surface area contributed by atoms with Crippen molar-refractivity contribution in [3.8, 4) is 5.75 Å². The number of ether oxygens (including phenoxy) is 1. The van der Waals surface area contributed by atoms with E-state index in [1.165, 1.54) is 16.0 Å². The number of amides is 2. The SMILES string of the molecule is Cc1ccc(OC[C@H]2c3ccsc3CCN2C(=O)CN(C(=O)C2CCCC2)C(C)(C)C)cc1. The van der Waals surface area contributed by atoms with Crippen LogP contribution in [0.15, 0.2) is 35.7 Å². The average Bonchev–Trinajstić information content (AvgIpc) is 3.47. The predicted octanol–water partition coefficient (Wildman–Crippen LogP) is 5.38. The van der Waals surface area contributed by atoms with E-state index < -0.39 is 5.54 Å². The third kappa shape index (κ3) is 5.43. The van der Waals surface area contributed by atoms with Crippen LogP contribution in [0.1, 0.15) is 68.5 Å². The summed E-state index contributed by atoms with van der Waals surface area (Å²) in [5.41, 5.74) is 1.97. The van der Waals surface area contributed by atoms with Crippen LogP contribution in [0.5, 0.6) is 5.75 Å². The quantitative estimate of drug-likeness (QED) is 0.572. The highest BCUT2D eigenvalue weighted by molar-refractivity contribution is 7.10. The van der Waals surface area contributed by atoms with Gasteiger partial charge < -0.3 is 14.5 Å². The molecule has 1 atom stereocenters. The van der Waals surface area contributed by atoms with Crippen molar-refractivity contribution in [1.82, 2.24) is 9.80 Å². The van der Waals surface area contributed by atoms with Crippen LogP contribution in [0.3, 0.4) is 0 Å². The fourth-order valence-corrected chi connectivity index (χ4v) is 5.88. The first-order valence-electron chi connectivity index (χ1n) is 12.1. The van der Waals surface area contributed by atoms with Crippen molar-refractivity contribution in [2.75, 3.05) is 19.7 Å². The lowest BCUT2D eigenvalue weighted by molar-refractivity contribution is -0.149. The summed E-state index contributed by atoms with van der Waals surface area (Å²) in [6, 6.07) is 9.99. The van der Waals surface area contributed by atoms with Gasteiger partial charge in [0.05, 0.1) is 6.04 Å². The number of aryl methyl sites for hydroxylation is 1. The molecule has 0 radical (unpaired) electrons. The standard InChI is InChI=1S/C27H36N2O3S/c1-19-9-11-21(12-10-19)32-18-23-22-14-16-33-24(22)13-15-28(23)25(30)17-29(27(2,3)4)26(31)20-7-5-6-8-20/h9-12,14,16,20,23H,5-8,13,15,17-18H2,1-4H3/t23-/m0/s1. The summed E-state index contributed by atoms with van der Waals surface area (Å²) in [7, 11) is 0. The van der Waals surface area contributed by atoms with Gasteiger partial charge in [0, 0.05) is 22.9 Å². The Hall–Kier alpha value is -2.34. The molecule has 2 heterocycles. The third-order valence-electron chi connectivity index (χ3n) is 6.92. The van der Waals surface area contributed by atoms with Crippen LogP contribution in [0, 0.1) is 12.8 Å². The zero-order valence-electron chi connectivity index (χ0n) is 20.3. The molecule has 0 bridgehead atoms. The Morgan fingerprint density at radius 3 is 2.48 bits per heavy atom. The molecule has 178 valence electrons. The Labute approximate surface area is 201 Å². The van der Waals surface area contributed by atoms with Gasteiger partial charge >= 0.3 is 0 Å². The number of benzene rings is 1. The largest absolute Gasteiger partial charge is 0.491 e. The zero-order valence-corrected chi connectivity index (χ0v) is 21.1. The van der Waals surface area contributed by atoms with Crippen molar-refractivity contribution in [3.05, 3.63) is 51.7 Å². The van der Waals surface area contributed by atoms with E-state index in [2.05, 4.69) is 18.4 Å². The van der Waals surface area contributed by atoms with Crippen molar-refractivity contribution >= 4 is 23.2 Å². The molecule has 0 saturated heterocycles. The second-order valence-corrected chi connectivity index (χ2v) is 11.4. The second kappa shape index (κ2) is 9.88. The minimum atomic E-state index is -0.396. The van der Waals surface area contributed by atoms with E-state index in [1.807, 2.05) is 54.8 Å². The van der Waals surface area contributed by atoms with Crippen LogP contribution < -0.4 is 4.74 Å². The fraction of sp³-hybridized carbons (Fsp3) is 0.556. The molecule has 2 amide bonds. The number of rotatable bonds is 6. The molecule has 2 aliphatic rings. The summed E-state index contributed by atoms with van der Waals surface area (Å²) in [5, 5.41) is 2.10. The molecular weight excluding hydrogens is 432 g/mol. The van der Waals surface area contributed by atoms with Crippen LogP contribution in [0.25, 0.3) is 0 Å². The molecule has 33 heavy (non-hydrogen) atoms. The molecule has 1 aromatic heterocycles. The molecule has 5 nitrogen and oxygen atoms in total. The van der Waals surface area contributed by atoms with Crippen LogP contribution in [-0.2, 0) is 16.0 Å². The Balaban J connectivity index is 1.52. The third-order valence-corrected chi connectivity index (χ3v) is 7.91. The number of hydrogen-bond acceptors (Lipinski definition) is 4. The first kappa shape index (κ1) is 23.8. The molecule has 4 rings (SSSR count). The van der Waals surface area contributed by atoms with Gasteiger partial charge in [0.15, 0.2) is 0 Å². The number of carbonyl (C=O) groups excluding carboxylic acids is 2. The summed E-state index contributed by atoms with van der Waals surface area (Å²) < 4.78 is 6.14. The van der Waals surface area contributed by atoms with Gasteiger partial charge in [0.2, 0.25) is 11.8 Å². The molecule has 0 unspecified atom stereocenters. The minimum absolute atomic E-state index is 0.00521. The van der Waals surface area contributed by atoms with Gasteiger partial charge in [-0.2, -0.15) is 0 Å². The molecule has 1 fully saturated rings. The van der Waals surface area contributed by atoms with Gasteiger partial charge in [0.25, 0.3) is 0 Å². The molecule has 1 aliphatic heterocycles. The highest BCUT2D eigenvalue weighted by Crippen LogP contribution is 2.35. The number of nitrogens with zero attached hydrogens (tertiary/aromatic N) is 2. The number of carbonyl (C=O) groups is 2. The van der Waals surface area contributed by atoms with Gasteiger partial charge in [-0.15, -0.1) is 11.3 Å². The van der Waals surface area contributed by atoms with Gasteiger partial charge in [-0.05, 0) is 76.1 Å².